The normalized spacial score (nSPS) is 10.8. The molecule has 1 amide bonds. The summed E-state index contributed by atoms with van der Waals surface area (Å²) in [5.74, 6) is -0.330. The number of aromatic nitrogens is 1. The van der Waals surface area contributed by atoms with Gasteiger partial charge in [0.25, 0.3) is 5.91 Å². The van der Waals surface area contributed by atoms with Crippen molar-refractivity contribution < 1.29 is 14.4 Å². The number of aromatic amines is 1. The molecule has 20 heavy (non-hydrogen) atoms. The Bertz CT molecular complexity index is 464. The zero-order valence-corrected chi connectivity index (χ0v) is 12.6. The van der Waals surface area contributed by atoms with Crippen LogP contribution in [0, 0.1) is 13.8 Å². The van der Waals surface area contributed by atoms with Gasteiger partial charge in [-0.05, 0) is 32.5 Å². The molecular weight excluding hydrogens is 258 g/mol. The summed E-state index contributed by atoms with van der Waals surface area (Å²) >= 11 is 0. The second-order valence-corrected chi connectivity index (χ2v) is 4.59. The summed E-state index contributed by atoms with van der Waals surface area (Å²) in [6.07, 6.45) is 0.709. The van der Waals surface area contributed by atoms with E-state index in [0.717, 1.165) is 19.6 Å². The van der Waals surface area contributed by atoms with Gasteiger partial charge in [0.1, 0.15) is 0 Å². The maximum absolute atomic E-state index is 12.0. The number of carbonyl (C=O) groups excluding carboxylic acids is 2. The van der Waals surface area contributed by atoms with Gasteiger partial charge < -0.3 is 9.88 Å². The molecule has 1 rings (SSSR count). The Hall–Kier alpha value is -1.66. The van der Waals surface area contributed by atoms with E-state index in [0.29, 0.717) is 35.4 Å². The van der Waals surface area contributed by atoms with E-state index in [1.165, 1.54) is 0 Å². The summed E-state index contributed by atoms with van der Waals surface area (Å²) in [7, 11) is 0. The molecule has 0 aliphatic heterocycles. The van der Waals surface area contributed by atoms with Gasteiger partial charge in [-0.25, -0.2) is 5.48 Å². The van der Waals surface area contributed by atoms with Crippen molar-refractivity contribution in [3.05, 3.63) is 22.5 Å². The van der Waals surface area contributed by atoms with Crippen LogP contribution in [0.1, 0.15) is 46.0 Å². The van der Waals surface area contributed by atoms with E-state index in [-0.39, 0.29) is 5.91 Å². The molecule has 0 saturated carbocycles. The molecule has 1 aromatic heterocycles. The molecule has 0 unspecified atom stereocenters. The Kier molecular flexibility index (Phi) is 6.41. The van der Waals surface area contributed by atoms with Crippen molar-refractivity contribution in [3.8, 4) is 0 Å². The minimum absolute atomic E-state index is 0.330. The highest BCUT2D eigenvalue weighted by Crippen LogP contribution is 2.16. The lowest BCUT2D eigenvalue weighted by Gasteiger charge is -2.17. The topological polar surface area (TPSA) is 74.4 Å². The number of nitrogens with one attached hydrogen (secondary N) is 2. The van der Waals surface area contributed by atoms with Gasteiger partial charge in [0.05, 0.1) is 17.9 Å². The Morgan fingerprint density at radius 1 is 1.35 bits per heavy atom. The van der Waals surface area contributed by atoms with Gasteiger partial charge in [0.15, 0.2) is 6.29 Å². The van der Waals surface area contributed by atoms with Crippen LogP contribution in [0.3, 0.4) is 0 Å². The summed E-state index contributed by atoms with van der Waals surface area (Å²) in [6.45, 7) is 10.7. The average Bonchev–Trinajstić information content (AvgIpc) is 2.73. The Morgan fingerprint density at radius 2 is 2.00 bits per heavy atom. The maximum atomic E-state index is 12.0. The fourth-order valence-corrected chi connectivity index (χ4v) is 2.11. The molecule has 1 heterocycles. The number of amides is 1. The Morgan fingerprint density at radius 3 is 2.50 bits per heavy atom. The molecular formula is C14H23N3O3. The number of H-pyrrole nitrogens is 1. The number of carbonyl (C=O) groups is 2. The summed E-state index contributed by atoms with van der Waals surface area (Å²) in [5.41, 5.74) is 4.62. The fourth-order valence-electron chi connectivity index (χ4n) is 2.11. The van der Waals surface area contributed by atoms with Crippen LogP contribution in [0.15, 0.2) is 0 Å². The number of likely N-dealkylation sites (N-methyl/N-ethyl adjacent to an activating group) is 1. The van der Waals surface area contributed by atoms with Crippen LogP contribution in [0.5, 0.6) is 0 Å². The molecule has 2 N–H and O–H groups in total. The number of hydrogen-bond donors (Lipinski definition) is 2. The molecule has 112 valence electrons. The monoisotopic (exact) mass is 281 g/mol. The van der Waals surface area contributed by atoms with Gasteiger partial charge >= 0.3 is 0 Å². The van der Waals surface area contributed by atoms with E-state index in [1.54, 1.807) is 13.8 Å². The number of aryl methyl sites for hydroxylation is 1. The van der Waals surface area contributed by atoms with Crippen LogP contribution in [-0.4, -0.2) is 48.3 Å². The van der Waals surface area contributed by atoms with Crippen LogP contribution in [0.4, 0.5) is 0 Å². The summed E-state index contributed by atoms with van der Waals surface area (Å²) in [4.78, 5) is 33.1. The summed E-state index contributed by atoms with van der Waals surface area (Å²) in [6, 6.07) is 0. The maximum Gasteiger partial charge on any atom is 0.276 e. The lowest BCUT2D eigenvalue weighted by molar-refractivity contribution is 0.0232. The largest absolute Gasteiger partial charge is 0.356 e. The number of aldehydes is 1. The first-order valence-corrected chi connectivity index (χ1v) is 6.83. The van der Waals surface area contributed by atoms with E-state index in [4.69, 9.17) is 4.84 Å². The van der Waals surface area contributed by atoms with E-state index >= 15 is 0 Å². The van der Waals surface area contributed by atoms with Crippen LogP contribution < -0.4 is 5.48 Å². The molecule has 0 radical (unpaired) electrons. The molecule has 0 spiro atoms. The SMILES string of the molecule is CCN(CC)CCONC(=O)c1c(C)[nH]c(C=O)c1C. The number of hydroxylamine groups is 1. The van der Waals surface area contributed by atoms with Gasteiger partial charge in [-0.15, -0.1) is 0 Å². The third-order valence-corrected chi connectivity index (χ3v) is 3.39. The van der Waals surface area contributed by atoms with Crippen molar-refractivity contribution in [3.63, 3.8) is 0 Å². The van der Waals surface area contributed by atoms with Crippen molar-refractivity contribution >= 4 is 12.2 Å². The lowest BCUT2D eigenvalue weighted by Crippen LogP contribution is -2.31. The second kappa shape index (κ2) is 7.81. The molecule has 0 aliphatic carbocycles. The average molecular weight is 281 g/mol. The van der Waals surface area contributed by atoms with Crippen molar-refractivity contribution in [1.82, 2.24) is 15.4 Å². The predicted octanol–water partition coefficient (Wildman–Crippen LogP) is 1.45. The molecule has 0 atom stereocenters. The zero-order chi connectivity index (χ0) is 15.1. The minimum atomic E-state index is -0.330. The smallest absolute Gasteiger partial charge is 0.276 e. The molecule has 1 aromatic rings. The van der Waals surface area contributed by atoms with Gasteiger partial charge in [-0.2, -0.15) is 0 Å². The Labute approximate surface area is 119 Å². The molecule has 0 fully saturated rings. The predicted molar refractivity (Wildman–Crippen MR) is 76.9 cm³/mol. The third kappa shape index (κ3) is 3.91. The third-order valence-electron chi connectivity index (χ3n) is 3.39. The van der Waals surface area contributed by atoms with Gasteiger partial charge in [0.2, 0.25) is 0 Å². The standard InChI is InChI=1S/C14H23N3O3/c1-5-17(6-2)7-8-20-16-14(19)13-10(3)12(9-18)15-11(13)4/h9,15H,5-8H2,1-4H3,(H,16,19). The van der Waals surface area contributed by atoms with E-state index in [9.17, 15) is 9.59 Å². The molecule has 0 saturated heterocycles. The minimum Gasteiger partial charge on any atom is -0.356 e. The highest BCUT2D eigenvalue weighted by atomic mass is 16.6. The molecule has 0 bridgehead atoms. The number of hydrogen-bond acceptors (Lipinski definition) is 4. The first kappa shape index (κ1) is 16.4. The van der Waals surface area contributed by atoms with Crippen molar-refractivity contribution in [2.75, 3.05) is 26.2 Å². The van der Waals surface area contributed by atoms with Gasteiger partial charge in [-0.3, -0.25) is 14.4 Å². The number of nitrogens with zero attached hydrogens (tertiary/aromatic N) is 1. The van der Waals surface area contributed by atoms with Crippen molar-refractivity contribution in [2.45, 2.75) is 27.7 Å². The van der Waals surface area contributed by atoms with E-state index in [1.807, 2.05) is 0 Å². The number of rotatable bonds is 8. The Balaban J connectivity index is 2.51. The molecule has 6 nitrogen and oxygen atoms in total. The van der Waals surface area contributed by atoms with Gasteiger partial charge in [-0.1, -0.05) is 13.8 Å². The molecule has 6 heteroatoms. The molecule has 0 aliphatic rings. The highest BCUT2D eigenvalue weighted by Gasteiger charge is 2.17. The molecule has 0 aromatic carbocycles. The van der Waals surface area contributed by atoms with Crippen molar-refractivity contribution in [2.24, 2.45) is 0 Å². The van der Waals surface area contributed by atoms with Crippen molar-refractivity contribution in [1.29, 1.82) is 0 Å². The van der Waals surface area contributed by atoms with E-state index in [2.05, 4.69) is 29.2 Å². The van der Waals surface area contributed by atoms with Crippen LogP contribution >= 0.6 is 0 Å². The zero-order valence-electron chi connectivity index (χ0n) is 12.6. The summed E-state index contributed by atoms with van der Waals surface area (Å²) < 4.78 is 0. The first-order valence-electron chi connectivity index (χ1n) is 6.83. The first-order chi connectivity index (χ1) is 9.54. The highest BCUT2D eigenvalue weighted by molar-refractivity contribution is 5.98. The second-order valence-electron chi connectivity index (χ2n) is 4.59. The summed E-state index contributed by atoms with van der Waals surface area (Å²) in [5, 5.41) is 0. The quantitative estimate of drug-likeness (QED) is 0.429. The fraction of sp³-hybridized carbons (Fsp3) is 0.571. The van der Waals surface area contributed by atoms with Crippen LogP contribution in [0.2, 0.25) is 0 Å². The lowest BCUT2D eigenvalue weighted by atomic mass is 10.1. The van der Waals surface area contributed by atoms with Crippen LogP contribution in [-0.2, 0) is 4.84 Å². The van der Waals surface area contributed by atoms with E-state index < -0.39 is 0 Å². The van der Waals surface area contributed by atoms with Crippen LogP contribution in [0.25, 0.3) is 0 Å². The van der Waals surface area contributed by atoms with Gasteiger partial charge in [0, 0.05) is 12.2 Å².